The molecule has 2 heterocycles. The summed E-state index contributed by atoms with van der Waals surface area (Å²) in [4.78, 5) is 12.5. The number of nitrogens with zero attached hydrogens (tertiary/aromatic N) is 2. The van der Waals surface area contributed by atoms with E-state index in [1.807, 2.05) is 18.2 Å². The van der Waals surface area contributed by atoms with Crippen molar-refractivity contribution in [2.45, 2.75) is 44.2 Å². The summed E-state index contributed by atoms with van der Waals surface area (Å²) in [5.41, 5.74) is 2.07. The zero-order valence-corrected chi connectivity index (χ0v) is 13.0. The third-order valence-electron chi connectivity index (χ3n) is 5.32. The number of piperidine rings is 1. The first-order valence-electron chi connectivity index (χ1n) is 8.33. The van der Waals surface area contributed by atoms with Crippen LogP contribution in [0.3, 0.4) is 0 Å². The Balaban J connectivity index is 1.42. The topological polar surface area (TPSA) is 81.6 Å². The Bertz CT molecular complexity index is 775. The number of H-pyrrole nitrogens is 1. The van der Waals surface area contributed by atoms with E-state index in [4.69, 9.17) is 0 Å². The number of nitriles is 1. The quantitative estimate of drug-likeness (QED) is 0.888. The van der Waals surface area contributed by atoms with Gasteiger partial charge in [0.15, 0.2) is 5.78 Å². The second-order valence-electron chi connectivity index (χ2n) is 6.91. The van der Waals surface area contributed by atoms with Crippen LogP contribution in [0.5, 0.6) is 0 Å². The van der Waals surface area contributed by atoms with Gasteiger partial charge in [0.2, 0.25) is 0 Å². The van der Waals surface area contributed by atoms with Gasteiger partial charge in [-0.05, 0) is 49.3 Å². The zero-order chi connectivity index (χ0) is 15.8. The molecule has 1 aromatic heterocycles. The highest BCUT2D eigenvalue weighted by Crippen LogP contribution is 2.36. The van der Waals surface area contributed by atoms with E-state index in [-0.39, 0.29) is 17.7 Å². The number of aromatic amines is 1. The molecule has 0 amide bonds. The number of benzene rings is 1. The van der Waals surface area contributed by atoms with E-state index in [0.717, 1.165) is 29.3 Å². The van der Waals surface area contributed by atoms with Gasteiger partial charge in [0.05, 0.1) is 29.7 Å². The van der Waals surface area contributed by atoms with Crippen LogP contribution >= 0.6 is 0 Å². The molecule has 1 aliphatic carbocycles. The van der Waals surface area contributed by atoms with Crippen LogP contribution in [0.15, 0.2) is 24.4 Å². The molecular formula is C18H20N4O. The normalized spacial score (nSPS) is 27.2. The van der Waals surface area contributed by atoms with Gasteiger partial charge in [-0.1, -0.05) is 6.07 Å². The fraction of sp³-hybridized carbons (Fsp3) is 0.500. The predicted octanol–water partition coefficient (Wildman–Crippen LogP) is 2.34. The number of carbonyl (C=O) groups is 1. The van der Waals surface area contributed by atoms with Gasteiger partial charge < -0.3 is 5.32 Å². The first-order chi connectivity index (χ1) is 11.2. The molecule has 0 radical (unpaired) electrons. The third kappa shape index (κ3) is 2.75. The predicted molar refractivity (Wildman–Crippen MR) is 86.6 cm³/mol. The van der Waals surface area contributed by atoms with E-state index in [1.165, 1.54) is 6.42 Å². The Morgan fingerprint density at radius 2 is 2.35 bits per heavy atom. The van der Waals surface area contributed by atoms with Crippen molar-refractivity contribution in [2.24, 2.45) is 11.8 Å². The van der Waals surface area contributed by atoms with E-state index in [9.17, 15) is 10.1 Å². The monoisotopic (exact) mass is 308 g/mol. The van der Waals surface area contributed by atoms with E-state index in [1.54, 1.807) is 6.20 Å². The summed E-state index contributed by atoms with van der Waals surface area (Å²) in [5.74, 6) is 0.454. The van der Waals surface area contributed by atoms with E-state index >= 15 is 0 Å². The van der Waals surface area contributed by atoms with Crippen molar-refractivity contribution in [3.63, 3.8) is 0 Å². The molecule has 118 valence electrons. The zero-order valence-electron chi connectivity index (χ0n) is 13.0. The highest BCUT2D eigenvalue weighted by molar-refractivity contribution is 5.85. The Labute approximate surface area is 135 Å². The summed E-state index contributed by atoms with van der Waals surface area (Å²) in [6.07, 6.45) is 6.23. The second kappa shape index (κ2) is 5.78. The molecule has 1 unspecified atom stereocenters. The van der Waals surface area contributed by atoms with Crippen molar-refractivity contribution in [3.8, 4) is 6.07 Å². The number of hydrogen-bond donors (Lipinski definition) is 2. The standard InChI is InChI=1S/C18H20N4O/c19-9-12(5-11-1-4-16-14(6-11)10-20-22-16)7-17(23)18-13-2-3-15(8-13)21-18/h1,4,6,10,12-13,15,18,21H,2-3,5,7-8H2,(H,20,22)/t12?,13-,15+,18-/m0/s1. The molecule has 2 aromatic rings. The third-order valence-corrected chi connectivity index (χ3v) is 5.32. The number of nitrogens with one attached hydrogen (secondary N) is 2. The van der Waals surface area contributed by atoms with Gasteiger partial charge in [-0.3, -0.25) is 9.89 Å². The summed E-state index contributed by atoms with van der Waals surface area (Å²) in [6.45, 7) is 0. The minimum absolute atomic E-state index is 0.0130. The number of fused-ring (bicyclic) bond motifs is 3. The molecule has 4 atom stereocenters. The van der Waals surface area contributed by atoms with Crippen LogP contribution in [0.1, 0.15) is 31.2 Å². The smallest absolute Gasteiger partial charge is 0.151 e. The molecule has 2 fully saturated rings. The fourth-order valence-corrected chi connectivity index (χ4v) is 4.15. The maximum absolute atomic E-state index is 12.5. The SMILES string of the molecule is N#CC(CC(=O)[C@H]1N[C@@H]2CC[C@H]1C2)Cc1ccc2[nH]ncc2c1. The van der Waals surface area contributed by atoms with Crippen molar-refractivity contribution < 1.29 is 4.79 Å². The molecule has 0 spiro atoms. The van der Waals surface area contributed by atoms with Gasteiger partial charge in [-0.25, -0.2) is 0 Å². The fourth-order valence-electron chi connectivity index (χ4n) is 4.15. The molecule has 1 aromatic carbocycles. The van der Waals surface area contributed by atoms with Gasteiger partial charge in [-0.15, -0.1) is 0 Å². The molecule has 23 heavy (non-hydrogen) atoms. The average Bonchev–Trinajstić information content (AvgIpc) is 3.29. The number of carbonyl (C=O) groups excluding carboxylic acids is 1. The Kier molecular flexibility index (Phi) is 3.62. The largest absolute Gasteiger partial charge is 0.304 e. The molecule has 1 aliphatic heterocycles. The van der Waals surface area contributed by atoms with Crippen molar-refractivity contribution in [1.82, 2.24) is 15.5 Å². The van der Waals surface area contributed by atoms with Crippen molar-refractivity contribution >= 4 is 16.7 Å². The molecule has 5 nitrogen and oxygen atoms in total. The average molecular weight is 308 g/mol. The summed E-state index contributed by atoms with van der Waals surface area (Å²) in [5, 5.41) is 20.9. The van der Waals surface area contributed by atoms with Crippen LogP contribution in [0.25, 0.3) is 10.9 Å². The highest BCUT2D eigenvalue weighted by Gasteiger charge is 2.42. The minimum atomic E-state index is -0.257. The lowest BCUT2D eigenvalue weighted by Crippen LogP contribution is -2.42. The van der Waals surface area contributed by atoms with Crippen molar-refractivity contribution in [1.29, 1.82) is 5.26 Å². The van der Waals surface area contributed by atoms with Crippen LogP contribution in [-0.2, 0) is 11.2 Å². The van der Waals surface area contributed by atoms with E-state index < -0.39 is 0 Å². The van der Waals surface area contributed by atoms with Crippen LogP contribution in [0.4, 0.5) is 0 Å². The lowest BCUT2D eigenvalue weighted by molar-refractivity contribution is -0.122. The maximum atomic E-state index is 12.5. The first kappa shape index (κ1) is 14.4. The number of ketones is 1. The molecule has 4 rings (SSSR count). The molecule has 1 saturated carbocycles. The van der Waals surface area contributed by atoms with Crippen LogP contribution < -0.4 is 5.32 Å². The molecule has 5 heteroatoms. The molecule has 2 bridgehead atoms. The van der Waals surface area contributed by atoms with Crippen LogP contribution in [0, 0.1) is 23.2 Å². The highest BCUT2D eigenvalue weighted by atomic mass is 16.1. The number of rotatable bonds is 5. The lowest BCUT2D eigenvalue weighted by atomic mass is 9.88. The minimum Gasteiger partial charge on any atom is -0.304 e. The number of hydrogen-bond acceptors (Lipinski definition) is 4. The molecule has 1 saturated heterocycles. The van der Waals surface area contributed by atoms with Gasteiger partial charge >= 0.3 is 0 Å². The van der Waals surface area contributed by atoms with Gasteiger partial charge in [-0.2, -0.15) is 10.4 Å². The van der Waals surface area contributed by atoms with Gasteiger partial charge in [0.1, 0.15) is 0 Å². The van der Waals surface area contributed by atoms with Crippen molar-refractivity contribution in [2.75, 3.05) is 0 Å². The Morgan fingerprint density at radius 3 is 3.09 bits per heavy atom. The van der Waals surface area contributed by atoms with Crippen molar-refractivity contribution in [3.05, 3.63) is 30.0 Å². The molecule has 2 N–H and O–H groups in total. The summed E-state index contributed by atoms with van der Waals surface area (Å²) in [7, 11) is 0. The van der Waals surface area contributed by atoms with Gasteiger partial charge in [0.25, 0.3) is 0 Å². The first-order valence-corrected chi connectivity index (χ1v) is 8.33. The van der Waals surface area contributed by atoms with E-state index in [2.05, 4.69) is 21.6 Å². The summed E-state index contributed by atoms with van der Waals surface area (Å²) >= 11 is 0. The van der Waals surface area contributed by atoms with Crippen LogP contribution in [0.2, 0.25) is 0 Å². The summed E-state index contributed by atoms with van der Waals surface area (Å²) < 4.78 is 0. The molecule has 2 aliphatic rings. The number of Topliss-reactive ketones (excluding diaryl/α,β-unsaturated/α-hetero) is 1. The number of aromatic nitrogens is 2. The van der Waals surface area contributed by atoms with Crippen LogP contribution in [-0.4, -0.2) is 28.1 Å². The van der Waals surface area contributed by atoms with Gasteiger partial charge in [0, 0.05) is 17.8 Å². The lowest BCUT2D eigenvalue weighted by Gasteiger charge is -2.22. The molecular weight excluding hydrogens is 288 g/mol. The van der Waals surface area contributed by atoms with E-state index in [0.29, 0.717) is 24.8 Å². The Morgan fingerprint density at radius 1 is 1.43 bits per heavy atom. The second-order valence-corrected chi connectivity index (χ2v) is 6.91. The summed E-state index contributed by atoms with van der Waals surface area (Å²) in [6, 6.07) is 8.86. The maximum Gasteiger partial charge on any atom is 0.151 e. The Hall–Kier alpha value is -2.19.